The summed E-state index contributed by atoms with van der Waals surface area (Å²) in [7, 11) is 3.16. The molecule has 2 atom stereocenters. The minimum absolute atomic E-state index is 0.0461. The van der Waals surface area contributed by atoms with Crippen LogP contribution < -0.4 is 14.8 Å². The maximum Gasteiger partial charge on any atom is 0.387 e. The number of alkyl halides is 2. The third-order valence-electron chi connectivity index (χ3n) is 6.27. The molecule has 7 nitrogen and oxygen atoms in total. The zero-order chi connectivity index (χ0) is 22.1. The molecule has 0 aromatic heterocycles. The Morgan fingerprint density at radius 1 is 1.23 bits per heavy atom. The summed E-state index contributed by atoms with van der Waals surface area (Å²) in [4.78, 5) is 29.0. The van der Waals surface area contributed by atoms with Crippen molar-refractivity contribution in [2.45, 2.75) is 51.8 Å². The minimum Gasteiger partial charge on any atom is -0.493 e. The molecule has 1 saturated carbocycles. The van der Waals surface area contributed by atoms with Crippen LogP contribution in [0.4, 0.5) is 13.6 Å². The van der Waals surface area contributed by atoms with Gasteiger partial charge in [0.05, 0.1) is 13.8 Å². The van der Waals surface area contributed by atoms with Crippen molar-refractivity contribution in [3.05, 3.63) is 23.8 Å². The third kappa shape index (κ3) is 4.08. The zero-order valence-corrected chi connectivity index (χ0v) is 17.8. The molecule has 3 rings (SSSR count). The summed E-state index contributed by atoms with van der Waals surface area (Å²) >= 11 is 0. The van der Waals surface area contributed by atoms with Crippen molar-refractivity contribution >= 4 is 11.9 Å². The number of methoxy groups -OCH3 is 1. The standard InChI is InChI=1S/C21H29F2N3O4/c1-13-6-5-7-14(2)21(13)18(27)26(20(28)24-21)12-25(3)11-15-8-9-16(30-19(22)23)17(10-15)29-4/h8-10,13-14,19H,5-7,11-12H2,1-4H3,(H,24,28). The first-order valence-corrected chi connectivity index (χ1v) is 10.1. The van der Waals surface area contributed by atoms with Gasteiger partial charge in [-0.15, -0.1) is 0 Å². The summed E-state index contributed by atoms with van der Waals surface area (Å²) in [6.45, 7) is 1.63. The monoisotopic (exact) mass is 425 g/mol. The summed E-state index contributed by atoms with van der Waals surface area (Å²) in [5.74, 6) is 0.145. The van der Waals surface area contributed by atoms with Gasteiger partial charge < -0.3 is 14.8 Å². The van der Waals surface area contributed by atoms with Crippen molar-refractivity contribution in [1.29, 1.82) is 0 Å². The molecule has 1 spiro atoms. The van der Waals surface area contributed by atoms with Crippen LogP contribution in [0, 0.1) is 11.8 Å². The minimum atomic E-state index is -2.94. The van der Waals surface area contributed by atoms with E-state index in [2.05, 4.69) is 10.1 Å². The molecule has 0 bridgehead atoms. The lowest BCUT2D eigenvalue weighted by molar-refractivity contribution is -0.137. The molecule has 2 fully saturated rings. The summed E-state index contributed by atoms with van der Waals surface area (Å²) in [5.41, 5.74) is -0.0506. The van der Waals surface area contributed by atoms with E-state index in [-0.39, 0.29) is 41.9 Å². The molecule has 2 unspecified atom stereocenters. The molecule has 1 aromatic rings. The van der Waals surface area contributed by atoms with Crippen molar-refractivity contribution in [3.63, 3.8) is 0 Å². The lowest BCUT2D eigenvalue weighted by Crippen LogP contribution is -2.59. The van der Waals surface area contributed by atoms with E-state index in [0.29, 0.717) is 6.54 Å². The van der Waals surface area contributed by atoms with Gasteiger partial charge >= 0.3 is 12.6 Å². The van der Waals surface area contributed by atoms with Crippen molar-refractivity contribution in [2.24, 2.45) is 11.8 Å². The molecule has 1 heterocycles. The van der Waals surface area contributed by atoms with Crippen LogP contribution in [0.2, 0.25) is 0 Å². The number of urea groups is 1. The predicted molar refractivity (Wildman–Crippen MR) is 106 cm³/mol. The number of carbonyl (C=O) groups excluding carboxylic acids is 2. The van der Waals surface area contributed by atoms with Crippen LogP contribution in [0.1, 0.15) is 38.7 Å². The van der Waals surface area contributed by atoms with Gasteiger partial charge in [0.15, 0.2) is 11.5 Å². The third-order valence-corrected chi connectivity index (χ3v) is 6.27. The lowest BCUT2D eigenvalue weighted by Gasteiger charge is -2.42. The fourth-order valence-electron chi connectivity index (χ4n) is 4.69. The van der Waals surface area contributed by atoms with Gasteiger partial charge in [-0.25, -0.2) is 9.69 Å². The van der Waals surface area contributed by atoms with Crippen LogP contribution >= 0.6 is 0 Å². The molecule has 1 aliphatic carbocycles. The van der Waals surface area contributed by atoms with E-state index in [1.807, 2.05) is 18.7 Å². The molecule has 30 heavy (non-hydrogen) atoms. The highest BCUT2D eigenvalue weighted by atomic mass is 19.3. The molecule has 2 aliphatic rings. The van der Waals surface area contributed by atoms with Crippen molar-refractivity contribution in [1.82, 2.24) is 15.1 Å². The van der Waals surface area contributed by atoms with Crippen molar-refractivity contribution in [2.75, 3.05) is 20.8 Å². The highest BCUT2D eigenvalue weighted by Gasteiger charge is 2.58. The number of nitrogens with zero attached hydrogens (tertiary/aromatic N) is 2. The lowest BCUT2D eigenvalue weighted by atomic mass is 9.67. The number of halogens is 2. The first-order valence-electron chi connectivity index (χ1n) is 10.1. The van der Waals surface area contributed by atoms with Gasteiger partial charge in [0.2, 0.25) is 0 Å². The number of carbonyl (C=O) groups is 2. The van der Waals surface area contributed by atoms with Gasteiger partial charge in [0.25, 0.3) is 5.91 Å². The number of hydrogen-bond donors (Lipinski definition) is 1. The first kappa shape index (κ1) is 22.3. The van der Waals surface area contributed by atoms with Gasteiger partial charge in [-0.05, 0) is 49.4 Å². The SMILES string of the molecule is COc1cc(CN(C)CN2C(=O)NC3(C2=O)C(C)CCCC3C)ccc1OC(F)F. The Kier molecular flexibility index (Phi) is 6.50. The Morgan fingerprint density at radius 2 is 1.90 bits per heavy atom. The highest BCUT2D eigenvalue weighted by molar-refractivity contribution is 6.07. The van der Waals surface area contributed by atoms with Crippen LogP contribution in [0.3, 0.4) is 0 Å². The second-order valence-electron chi connectivity index (χ2n) is 8.28. The fourth-order valence-corrected chi connectivity index (χ4v) is 4.69. The number of imide groups is 1. The summed E-state index contributed by atoms with van der Waals surface area (Å²) in [5, 5.41) is 2.98. The summed E-state index contributed by atoms with van der Waals surface area (Å²) in [6, 6.07) is 4.30. The Morgan fingerprint density at radius 3 is 2.50 bits per heavy atom. The highest BCUT2D eigenvalue weighted by Crippen LogP contribution is 2.42. The van der Waals surface area contributed by atoms with E-state index in [9.17, 15) is 18.4 Å². The van der Waals surface area contributed by atoms with Gasteiger partial charge in [-0.2, -0.15) is 8.78 Å². The molecular formula is C21H29F2N3O4. The predicted octanol–water partition coefficient (Wildman–Crippen LogP) is 3.43. The number of benzene rings is 1. The summed E-state index contributed by atoms with van der Waals surface area (Å²) < 4.78 is 34.6. The van der Waals surface area contributed by atoms with E-state index in [1.165, 1.54) is 18.1 Å². The average Bonchev–Trinajstić information content (AvgIpc) is 2.93. The van der Waals surface area contributed by atoms with E-state index < -0.39 is 12.2 Å². The van der Waals surface area contributed by atoms with Crippen LogP contribution in [0.15, 0.2) is 18.2 Å². The Balaban J connectivity index is 1.70. The number of rotatable bonds is 7. The van der Waals surface area contributed by atoms with Crippen LogP contribution in [0.25, 0.3) is 0 Å². The van der Waals surface area contributed by atoms with E-state index in [4.69, 9.17) is 4.74 Å². The number of hydrogen-bond acceptors (Lipinski definition) is 5. The largest absolute Gasteiger partial charge is 0.493 e. The van der Waals surface area contributed by atoms with Crippen LogP contribution in [-0.4, -0.2) is 54.7 Å². The normalized spacial score (nSPS) is 26.6. The molecular weight excluding hydrogens is 396 g/mol. The van der Waals surface area contributed by atoms with Gasteiger partial charge in [-0.3, -0.25) is 9.69 Å². The molecule has 166 valence electrons. The smallest absolute Gasteiger partial charge is 0.387 e. The summed E-state index contributed by atoms with van der Waals surface area (Å²) in [6.07, 6.45) is 2.87. The zero-order valence-electron chi connectivity index (χ0n) is 17.8. The fraction of sp³-hybridized carbons (Fsp3) is 0.619. The van der Waals surface area contributed by atoms with E-state index in [0.717, 1.165) is 24.8 Å². The topological polar surface area (TPSA) is 71.1 Å². The Labute approximate surface area is 175 Å². The van der Waals surface area contributed by atoms with Crippen LogP contribution in [0.5, 0.6) is 11.5 Å². The Bertz CT molecular complexity index is 794. The van der Waals surface area contributed by atoms with Gasteiger partial charge in [-0.1, -0.05) is 26.3 Å². The van der Waals surface area contributed by atoms with Crippen LogP contribution in [-0.2, 0) is 11.3 Å². The van der Waals surface area contributed by atoms with Gasteiger partial charge in [0, 0.05) is 6.54 Å². The molecule has 1 N–H and O–H groups in total. The quantitative estimate of drug-likeness (QED) is 0.678. The maximum atomic E-state index is 13.3. The van der Waals surface area contributed by atoms with E-state index in [1.54, 1.807) is 19.2 Å². The second kappa shape index (κ2) is 8.75. The number of nitrogens with one attached hydrogen (secondary N) is 1. The van der Waals surface area contributed by atoms with Crippen molar-refractivity contribution < 1.29 is 27.8 Å². The van der Waals surface area contributed by atoms with E-state index >= 15 is 0 Å². The molecule has 1 aromatic carbocycles. The number of ether oxygens (including phenoxy) is 2. The number of amides is 3. The molecule has 0 radical (unpaired) electrons. The Hall–Kier alpha value is -2.42. The first-order chi connectivity index (χ1) is 14.2. The second-order valence-corrected chi connectivity index (χ2v) is 8.28. The van der Waals surface area contributed by atoms with Gasteiger partial charge in [0.1, 0.15) is 5.54 Å². The molecule has 3 amide bonds. The maximum absolute atomic E-state index is 13.3. The molecule has 1 saturated heterocycles. The average molecular weight is 425 g/mol. The molecule has 9 heteroatoms. The van der Waals surface area contributed by atoms with Crippen molar-refractivity contribution in [3.8, 4) is 11.5 Å². The molecule has 1 aliphatic heterocycles.